The standard InChI is InChI=1S/C39H33N/c1-24-14-18-28-25(20-24)15-16-26-21-27(17-19-29(26)28)40-36-13-9-8-12-33(36)39(4,5)35-22-31-30-10-6-7-11-32(30)38(2,3)34(31)23-37(35)40/h6-23H,1-5H3. The van der Waals surface area contributed by atoms with E-state index in [0.717, 1.165) is 0 Å². The van der Waals surface area contributed by atoms with Gasteiger partial charge < -0.3 is 4.90 Å². The number of hydrogen-bond donors (Lipinski definition) is 0. The summed E-state index contributed by atoms with van der Waals surface area (Å²) in [5, 5.41) is 5.19. The fraction of sp³-hybridized carbons (Fsp3) is 0.179. The van der Waals surface area contributed by atoms with Gasteiger partial charge in [0, 0.05) is 16.5 Å². The number of para-hydroxylation sites is 1. The summed E-state index contributed by atoms with van der Waals surface area (Å²) in [6.07, 6.45) is 0. The van der Waals surface area contributed by atoms with Gasteiger partial charge in [-0.05, 0) is 92.2 Å². The molecule has 40 heavy (non-hydrogen) atoms. The van der Waals surface area contributed by atoms with E-state index in [2.05, 4.69) is 149 Å². The molecule has 6 aromatic carbocycles. The Morgan fingerprint density at radius 2 is 1.12 bits per heavy atom. The third-order valence-corrected chi connectivity index (χ3v) is 9.67. The van der Waals surface area contributed by atoms with Gasteiger partial charge in [0.1, 0.15) is 0 Å². The fourth-order valence-corrected chi connectivity index (χ4v) is 7.49. The van der Waals surface area contributed by atoms with Gasteiger partial charge in [0.15, 0.2) is 0 Å². The molecule has 1 heterocycles. The largest absolute Gasteiger partial charge is 0.310 e. The Morgan fingerprint density at radius 1 is 0.475 bits per heavy atom. The molecule has 194 valence electrons. The molecule has 0 atom stereocenters. The quantitative estimate of drug-likeness (QED) is 0.197. The van der Waals surface area contributed by atoms with Crippen molar-refractivity contribution in [2.75, 3.05) is 4.90 Å². The van der Waals surface area contributed by atoms with Crippen LogP contribution in [0, 0.1) is 6.92 Å². The number of aryl methyl sites for hydroxylation is 1. The van der Waals surface area contributed by atoms with Crippen molar-refractivity contribution in [3.05, 3.63) is 137 Å². The van der Waals surface area contributed by atoms with E-state index in [9.17, 15) is 0 Å². The maximum Gasteiger partial charge on any atom is 0.0506 e. The predicted molar refractivity (Wildman–Crippen MR) is 171 cm³/mol. The van der Waals surface area contributed by atoms with Gasteiger partial charge in [-0.15, -0.1) is 0 Å². The van der Waals surface area contributed by atoms with Crippen molar-refractivity contribution in [1.29, 1.82) is 0 Å². The molecular formula is C39H33N. The Hall–Kier alpha value is -4.36. The summed E-state index contributed by atoms with van der Waals surface area (Å²) in [4.78, 5) is 2.51. The molecule has 0 unspecified atom stereocenters. The summed E-state index contributed by atoms with van der Waals surface area (Å²) >= 11 is 0. The lowest BCUT2D eigenvalue weighted by atomic mass is 9.72. The van der Waals surface area contributed by atoms with E-state index >= 15 is 0 Å². The Morgan fingerprint density at radius 3 is 1.93 bits per heavy atom. The van der Waals surface area contributed by atoms with Gasteiger partial charge in [-0.2, -0.15) is 0 Å². The molecule has 0 N–H and O–H groups in total. The van der Waals surface area contributed by atoms with Gasteiger partial charge in [-0.3, -0.25) is 0 Å². The van der Waals surface area contributed by atoms with Crippen LogP contribution in [0.2, 0.25) is 0 Å². The second kappa shape index (κ2) is 7.86. The van der Waals surface area contributed by atoms with E-state index in [-0.39, 0.29) is 10.8 Å². The summed E-state index contributed by atoms with van der Waals surface area (Å²) in [5.74, 6) is 0. The minimum Gasteiger partial charge on any atom is -0.310 e. The van der Waals surface area contributed by atoms with Crippen molar-refractivity contribution < 1.29 is 0 Å². The molecule has 1 nitrogen and oxygen atoms in total. The van der Waals surface area contributed by atoms with Gasteiger partial charge in [-0.1, -0.05) is 112 Å². The number of fused-ring (bicyclic) bond motifs is 8. The zero-order valence-electron chi connectivity index (χ0n) is 23.8. The number of anilines is 3. The third kappa shape index (κ3) is 3.04. The van der Waals surface area contributed by atoms with E-state index in [4.69, 9.17) is 0 Å². The van der Waals surface area contributed by atoms with Gasteiger partial charge in [0.25, 0.3) is 0 Å². The van der Waals surface area contributed by atoms with E-state index < -0.39 is 0 Å². The fourth-order valence-electron chi connectivity index (χ4n) is 7.49. The molecule has 8 rings (SSSR count). The maximum absolute atomic E-state index is 2.51. The van der Waals surface area contributed by atoms with Gasteiger partial charge in [0.2, 0.25) is 0 Å². The SMILES string of the molecule is Cc1ccc2c(ccc3cc(N4c5ccccc5C(C)(C)c5cc6c(cc54)C(C)(C)c4ccccc4-6)ccc32)c1. The molecule has 1 heteroatoms. The van der Waals surface area contributed by atoms with Crippen molar-refractivity contribution >= 4 is 38.6 Å². The molecular weight excluding hydrogens is 482 g/mol. The summed E-state index contributed by atoms with van der Waals surface area (Å²) in [5.41, 5.74) is 13.2. The van der Waals surface area contributed by atoms with Crippen molar-refractivity contribution in [1.82, 2.24) is 0 Å². The van der Waals surface area contributed by atoms with E-state index in [0.29, 0.717) is 0 Å². The summed E-state index contributed by atoms with van der Waals surface area (Å²) in [7, 11) is 0. The first-order chi connectivity index (χ1) is 19.2. The molecule has 6 aromatic rings. The first kappa shape index (κ1) is 23.5. The van der Waals surface area contributed by atoms with Crippen LogP contribution in [0.4, 0.5) is 17.1 Å². The van der Waals surface area contributed by atoms with Crippen molar-refractivity contribution in [2.45, 2.75) is 45.4 Å². The summed E-state index contributed by atoms with van der Waals surface area (Å²) < 4.78 is 0. The van der Waals surface area contributed by atoms with Crippen molar-refractivity contribution in [3.63, 3.8) is 0 Å². The number of rotatable bonds is 1. The molecule has 0 saturated carbocycles. The van der Waals surface area contributed by atoms with Crippen LogP contribution < -0.4 is 4.90 Å². The maximum atomic E-state index is 2.51. The zero-order valence-corrected chi connectivity index (χ0v) is 23.8. The van der Waals surface area contributed by atoms with Gasteiger partial charge >= 0.3 is 0 Å². The van der Waals surface area contributed by atoms with Crippen LogP contribution in [0.5, 0.6) is 0 Å². The Bertz CT molecular complexity index is 2020. The monoisotopic (exact) mass is 515 g/mol. The average molecular weight is 516 g/mol. The highest BCUT2D eigenvalue weighted by molar-refractivity contribution is 6.09. The lowest BCUT2D eigenvalue weighted by Gasteiger charge is -2.43. The first-order valence-corrected chi connectivity index (χ1v) is 14.4. The second-order valence-electron chi connectivity index (χ2n) is 12.8. The highest BCUT2D eigenvalue weighted by Crippen LogP contribution is 2.57. The van der Waals surface area contributed by atoms with Crippen LogP contribution in [-0.2, 0) is 10.8 Å². The summed E-state index contributed by atoms with van der Waals surface area (Å²) in [6, 6.07) is 41.2. The second-order valence-corrected chi connectivity index (χ2v) is 12.8. The smallest absolute Gasteiger partial charge is 0.0506 e. The molecule has 0 radical (unpaired) electrons. The molecule has 1 aliphatic carbocycles. The van der Waals surface area contributed by atoms with Gasteiger partial charge in [0.05, 0.1) is 11.4 Å². The predicted octanol–water partition coefficient (Wildman–Crippen LogP) is 10.7. The number of nitrogens with zero attached hydrogens (tertiary/aromatic N) is 1. The minimum absolute atomic E-state index is 0.0475. The van der Waals surface area contributed by atoms with Crippen LogP contribution in [0.3, 0.4) is 0 Å². The Labute approximate surface area is 236 Å². The summed E-state index contributed by atoms with van der Waals surface area (Å²) in [6.45, 7) is 11.7. The average Bonchev–Trinajstić information content (AvgIpc) is 3.18. The van der Waals surface area contributed by atoms with Crippen LogP contribution in [0.1, 0.15) is 55.5 Å². The van der Waals surface area contributed by atoms with Gasteiger partial charge in [-0.25, -0.2) is 0 Å². The molecule has 0 bridgehead atoms. The molecule has 0 aromatic heterocycles. The highest BCUT2D eigenvalue weighted by atomic mass is 15.2. The molecule has 0 saturated heterocycles. The normalized spacial score (nSPS) is 16.0. The van der Waals surface area contributed by atoms with Crippen LogP contribution in [0.25, 0.3) is 32.7 Å². The van der Waals surface area contributed by atoms with Crippen LogP contribution in [0.15, 0.2) is 109 Å². The topological polar surface area (TPSA) is 3.24 Å². The number of hydrogen-bond acceptors (Lipinski definition) is 1. The minimum atomic E-state index is -0.121. The Balaban J connectivity index is 1.40. The molecule has 2 aliphatic rings. The van der Waals surface area contributed by atoms with Crippen molar-refractivity contribution in [2.24, 2.45) is 0 Å². The van der Waals surface area contributed by atoms with E-state index in [1.54, 1.807) is 0 Å². The zero-order chi connectivity index (χ0) is 27.4. The van der Waals surface area contributed by atoms with E-state index in [1.807, 2.05) is 0 Å². The van der Waals surface area contributed by atoms with Crippen LogP contribution >= 0.6 is 0 Å². The highest BCUT2D eigenvalue weighted by Gasteiger charge is 2.42. The Kier molecular flexibility index (Phi) is 4.62. The van der Waals surface area contributed by atoms with Crippen molar-refractivity contribution in [3.8, 4) is 11.1 Å². The van der Waals surface area contributed by atoms with E-state index in [1.165, 1.54) is 77.6 Å². The first-order valence-electron chi connectivity index (χ1n) is 14.4. The lowest BCUT2D eigenvalue weighted by molar-refractivity contribution is 0.627. The molecule has 0 amide bonds. The molecule has 0 fully saturated rings. The lowest BCUT2D eigenvalue weighted by Crippen LogP contribution is -2.31. The number of benzene rings is 6. The van der Waals surface area contributed by atoms with Crippen LogP contribution in [-0.4, -0.2) is 0 Å². The molecule has 0 spiro atoms. The molecule has 1 aliphatic heterocycles. The third-order valence-electron chi connectivity index (χ3n) is 9.67.